The summed E-state index contributed by atoms with van der Waals surface area (Å²) in [4.78, 5) is 13.0. The van der Waals surface area contributed by atoms with Crippen molar-refractivity contribution in [2.75, 3.05) is 0 Å². The van der Waals surface area contributed by atoms with Crippen LogP contribution in [0.2, 0.25) is 0 Å². The lowest BCUT2D eigenvalue weighted by Gasteiger charge is -2.14. The fourth-order valence-electron chi connectivity index (χ4n) is 2.94. The van der Waals surface area contributed by atoms with Gasteiger partial charge in [-0.2, -0.15) is 0 Å². The molecule has 114 valence electrons. The van der Waals surface area contributed by atoms with Crippen molar-refractivity contribution in [3.8, 4) is 5.75 Å². The smallest absolute Gasteiger partial charge is 0.395 e. The van der Waals surface area contributed by atoms with Crippen LogP contribution in [0.4, 0.5) is 0 Å². The van der Waals surface area contributed by atoms with E-state index in [4.69, 9.17) is 4.52 Å². The molecule has 0 bridgehead atoms. The molecule has 0 heterocycles. The van der Waals surface area contributed by atoms with Gasteiger partial charge < -0.3 is 4.52 Å². The molecule has 0 aliphatic heterocycles. The van der Waals surface area contributed by atoms with Crippen LogP contribution in [0.3, 0.4) is 0 Å². The van der Waals surface area contributed by atoms with Gasteiger partial charge in [0.15, 0.2) is 5.78 Å². The Morgan fingerprint density at radius 1 is 1.14 bits per heavy atom. The zero-order chi connectivity index (χ0) is 16.3. The van der Waals surface area contributed by atoms with Crippen molar-refractivity contribution in [1.29, 1.82) is 0 Å². The van der Waals surface area contributed by atoms with Crippen LogP contribution in [-0.2, 0) is 11.0 Å². The Labute approximate surface area is 132 Å². The van der Waals surface area contributed by atoms with Gasteiger partial charge in [-0.25, -0.2) is 4.57 Å². The van der Waals surface area contributed by atoms with E-state index in [1.54, 1.807) is 18.2 Å². The van der Waals surface area contributed by atoms with Crippen LogP contribution < -0.4 is 4.52 Å². The summed E-state index contributed by atoms with van der Waals surface area (Å²) in [6.45, 7) is 7.88. The number of aryl methyl sites for hydroxylation is 3. The third kappa shape index (κ3) is 3.10. The van der Waals surface area contributed by atoms with E-state index >= 15 is 0 Å². The van der Waals surface area contributed by atoms with Crippen LogP contribution in [0.25, 0.3) is 0 Å². The largest absolute Gasteiger partial charge is 0.407 e. The van der Waals surface area contributed by atoms with Crippen molar-refractivity contribution in [3.63, 3.8) is 0 Å². The molecular weight excluding hydrogens is 295 g/mol. The molecule has 0 amide bonds. The van der Waals surface area contributed by atoms with Crippen LogP contribution >= 0.6 is 8.69 Å². The van der Waals surface area contributed by atoms with E-state index in [-0.39, 0.29) is 5.78 Å². The molecule has 0 aliphatic carbocycles. The lowest BCUT2D eigenvalue weighted by Crippen LogP contribution is -2.10. The first-order chi connectivity index (χ1) is 10.5. The summed E-state index contributed by atoms with van der Waals surface area (Å²) in [6, 6.07) is 9.32. The molecule has 0 aromatic heterocycles. The van der Waals surface area contributed by atoms with Gasteiger partial charge in [0, 0.05) is 16.7 Å². The quantitative estimate of drug-likeness (QED) is 0.577. The van der Waals surface area contributed by atoms with Gasteiger partial charge in [-0.05, 0) is 44.4 Å². The minimum atomic E-state index is -0.415. The fraction of sp³-hybridized carbons (Fsp3) is 0.278. The summed E-state index contributed by atoms with van der Waals surface area (Å²) < 4.78 is 15.8. The molecule has 0 saturated carbocycles. The molecule has 0 atom stereocenters. The molecule has 0 spiro atoms. The normalized spacial score (nSPS) is 10.7. The number of benzene rings is 2. The summed E-state index contributed by atoms with van der Waals surface area (Å²) >= 11 is 0. The minimum Gasteiger partial charge on any atom is -0.407 e. The van der Waals surface area contributed by atoms with Crippen molar-refractivity contribution >= 4 is 14.5 Å². The van der Waals surface area contributed by atoms with Gasteiger partial charge in [0.1, 0.15) is 5.75 Å². The van der Waals surface area contributed by atoms with Gasteiger partial charge in [0.25, 0.3) is 0 Å². The van der Waals surface area contributed by atoms with Crippen molar-refractivity contribution in [2.45, 2.75) is 34.1 Å². The lowest BCUT2D eigenvalue weighted by molar-refractivity contribution is 0.103. The van der Waals surface area contributed by atoms with Gasteiger partial charge in [-0.1, -0.05) is 36.8 Å². The van der Waals surface area contributed by atoms with Crippen LogP contribution in [0.5, 0.6) is 5.75 Å². The van der Waals surface area contributed by atoms with Crippen molar-refractivity contribution in [2.24, 2.45) is 0 Å². The summed E-state index contributed by atoms with van der Waals surface area (Å²) in [6.07, 6.45) is 0.636. The Morgan fingerprint density at radius 3 is 2.32 bits per heavy atom. The Bertz CT molecular complexity index is 712. The molecule has 4 heteroatoms. The molecule has 2 aromatic carbocycles. The van der Waals surface area contributed by atoms with E-state index in [1.807, 2.05) is 39.8 Å². The Kier molecular flexibility index (Phi) is 5.10. The number of hydrogen-bond acceptors (Lipinski definition) is 3. The fourth-order valence-corrected chi connectivity index (χ4v) is 3.19. The summed E-state index contributed by atoms with van der Waals surface area (Å²) in [5.41, 5.74) is 5.21. The number of carbonyl (C=O) groups is 1. The molecular formula is C18H19O3P. The molecule has 2 aromatic rings. The SMILES string of the molecule is CCc1c(OP=O)cccc1C(=O)c1c(C)cc(C)cc1C. The van der Waals surface area contributed by atoms with Crippen LogP contribution in [0.1, 0.15) is 45.1 Å². The monoisotopic (exact) mass is 314 g/mol. The van der Waals surface area contributed by atoms with E-state index in [0.717, 1.165) is 27.8 Å². The van der Waals surface area contributed by atoms with Gasteiger partial charge >= 0.3 is 8.69 Å². The van der Waals surface area contributed by atoms with E-state index < -0.39 is 8.69 Å². The first-order valence-corrected chi connectivity index (χ1v) is 7.96. The predicted octanol–water partition coefficient (Wildman–Crippen LogP) is 4.99. The zero-order valence-electron chi connectivity index (χ0n) is 13.3. The highest BCUT2D eigenvalue weighted by atomic mass is 31.1. The third-order valence-electron chi connectivity index (χ3n) is 3.77. The van der Waals surface area contributed by atoms with Gasteiger partial charge in [-0.3, -0.25) is 4.79 Å². The molecule has 0 aliphatic rings. The maximum absolute atomic E-state index is 13.0. The second kappa shape index (κ2) is 6.85. The van der Waals surface area contributed by atoms with Gasteiger partial charge in [0.2, 0.25) is 0 Å². The molecule has 0 radical (unpaired) electrons. The molecule has 0 saturated heterocycles. The number of rotatable bonds is 5. The van der Waals surface area contributed by atoms with E-state index in [9.17, 15) is 9.36 Å². The highest BCUT2D eigenvalue weighted by Gasteiger charge is 2.19. The van der Waals surface area contributed by atoms with E-state index in [0.29, 0.717) is 17.7 Å². The molecule has 2 rings (SSSR count). The van der Waals surface area contributed by atoms with Crippen molar-refractivity contribution in [1.82, 2.24) is 0 Å². The average Bonchev–Trinajstić information content (AvgIpc) is 2.46. The predicted molar refractivity (Wildman–Crippen MR) is 88.1 cm³/mol. The van der Waals surface area contributed by atoms with Gasteiger partial charge in [-0.15, -0.1) is 0 Å². The van der Waals surface area contributed by atoms with E-state index in [1.165, 1.54) is 0 Å². The van der Waals surface area contributed by atoms with Gasteiger partial charge in [0.05, 0.1) is 0 Å². The summed E-state index contributed by atoms with van der Waals surface area (Å²) in [7, 11) is -0.415. The standard InChI is InChI=1S/C18H19O3P/c1-5-14-15(7-6-8-16(14)21-22-20)18(19)17-12(3)9-11(2)10-13(17)4/h6-10H,5H2,1-4H3. The summed E-state index contributed by atoms with van der Waals surface area (Å²) in [5.74, 6) is 0.479. The number of ketones is 1. The highest BCUT2D eigenvalue weighted by molar-refractivity contribution is 7.17. The minimum absolute atomic E-state index is 0.0140. The third-order valence-corrected chi connectivity index (χ3v) is 4.04. The van der Waals surface area contributed by atoms with Crippen LogP contribution in [-0.4, -0.2) is 5.78 Å². The molecule has 0 N–H and O–H groups in total. The summed E-state index contributed by atoms with van der Waals surface area (Å²) in [5, 5.41) is 0. The molecule has 0 unspecified atom stereocenters. The Balaban J connectivity index is 2.60. The first-order valence-electron chi connectivity index (χ1n) is 7.23. The second-order valence-corrected chi connectivity index (χ2v) is 5.74. The molecule has 22 heavy (non-hydrogen) atoms. The highest BCUT2D eigenvalue weighted by Crippen LogP contribution is 2.29. The van der Waals surface area contributed by atoms with Crippen LogP contribution in [0, 0.1) is 20.8 Å². The lowest BCUT2D eigenvalue weighted by atomic mass is 9.90. The topological polar surface area (TPSA) is 43.4 Å². The molecule has 3 nitrogen and oxygen atoms in total. The Morgan fingerprint density at radius 2 is 1.77 bits per heavy atom. The maximum Gasteiger partial charge on any atom is 0.395 e. The molecule has 0 fully saturated rings. The second-order valence-electron chi connectivity index (χ2n) is 5.40. The first kappa shape index (κ1) is 16.4. The maximum atomic E-state index is 13.0. The van der Waals surface area contributed by atoms with Crippen molar-refractivity contribution < 1.29 is 13.9 Å². The number of hydrogen-bond donors (Lipinski definition) is 0. The van der Waals surface area contributed by atoms with E-state index in [2.05, 4.69) is 0 Å². The van der Waals surface area contributed by atoms with Crippen molar-refractivity contribution in [3.05, 3.63) is 63.7 Å². The average molecular weight is 314 g/mol. The Hall–Kier alpha value is -1.99. The number of carbonyl (C=O) groups excluding carboxylic acids is 1. The zero-order valence-corrected chi connectivity index (χ0v) is 14.2. The van der Waals surface area contributed by atoms with Crippen LogP contribution in [0.15, 0.2) is 30.3 Å².